The topological polar surface area (TPSA) is 58.4 Å². The predicted octanol–water partition coefficient (Wildman–Crippen LogP) is 3.79. The molecule has 0 radical (unpaired) electrons. The first kappa shape index (κ1) is 14.6. The quantitative estimate of drug-likeness (QED) is 0.935. The van der Waals surface area contributed by atoms with Crippen LogP contribution >= 0.6 is 0 Å². The molecule has 2 aromatic rings. The van der Waals surface area contributed by atoms with E-state index in [1.54, 1.807) is 24.6 Å². The summed E-state index contributed by atoms with van der Waals surface area (Å²) >= 11 is 0. The van der Waals surface area contributed by atoms with Gasteiger partial charge in [0.2, 0.25) is 0 Å². The van der Waals surface area contributed by atoms with E-state index in [-0.39, 0.29) is 17.9 Å². The van der Waals surface area contributed by atoms with Crippen molar-refractivity contribution in [3.05, 3.63) is 48.1 Å². The first-order valence-corrected chi connectivity index (χ1v) is 7.44. The van der Waals surface area contributed by atoms with Crippen molar-refractivity contribution in [2.45, 2.75) is 38.3 Å². The monoisotopic (exact) mass is 303 g/mol. The summed E-state index contributed by atoms with van der Waals surface area (Å²) < 4.78 is 17.8. The van der Waals surface area contributed by atoms with E-state index in [0.717, 1.165) is 31.2 Å². The zero-order valence-corrected chi connectivity index (χ0v) is 12.2. The lowest BCUT2D eigenvalue weighted by molar-refractivity contribution is 0.184. The summed E-state index contributed by atoms with van der Waals surface area (Å²) in [6, 6.07) is 5.80. The Labute approximate surface area is 128 Å². The van der Waals surface area contributed by atoms with Crippen LogP contribution in [0.2, 0.25) is 0 Å². The smallest absolute Gasteiger partial charge is 0.322 e. The minimum absolute atomic E-state index is 0.181. The van der Waals surface area contributed by atoms with E-state index in [4.69, 9.17) is 4.52 Å². The highest BCUT2D eigenvalue weighted by Crippen LogP contribution is 2.25. The molecular formula is C16H18FN3O2. The molecule has 22 heavy (non-hydrogen) atoms. The van der Waals surface area contributed by atoms with Crippen LogP contribution in [0.25, 0.3) is 0 Å². The summed E-state index contributed by atoms with van der Waals surface area (Å²) in [6.45, 7) is 0.460. The van der Waals surface area contributed by atoms with Crippen molar-refractivity contribution in [1.29, 1.82) is 0 Å². The Morgan fingerprint density at radius 3 is 2.68 bits per heavy atom. The van der Waals surface area contributed by atoms with E-state index in [2.05, 4.69) is 10.5 Å². The van der Waals surface area contributed by atoms with Gasteiger partial charge in [-0.15, -0.1) is 0 Å². The fraction of sp³-hybridized carbons (Fsp3) is 0.375. The Kier molecular flexibility index (Phi) is 4.37. The first-order valence-electron chi connectivity index (χ1n) is 7.44. The second-order valence-electron chi connectivity index (χ2n) is 5.54. The van der Waals surface area contributed by atoms with Crippen molar-refractivity contribution in [1.82, 2.24) is 10.1 Å². The molecule has 1 aliphatic carbocycles. The zero-order valence-electron chi connectivity index (χ0n) is 12.2. The van der Waals surface area contributed by atoms with Gasteiger partial charge in [-0.1, -0.05) is 18.0 Å². The molecule has 0 spiro atoms. The average molecular weight is 303 g/mol. The van der Waals surface area contributed by atoms with E-state index in [1.807, 2.05) is 4.90 Å². The second-order valence-corrected chi connectivity index (χ2v) is 5.54. The summed E-state index contributed by atoms with van der Waals surface area (Å²) in [6.07, 6.45) is 7.44. The fourth-order valence-electron chi connectivity index (χ4n) is 2.81. The summed E-state index contributed by atoms with van der Waals surface area (Å²) in [5.74, 6) is -0.324. The molecular weight excluding hydrogens is 285 g/mol. The molecule has 1 saturated carbocycles. The van der Waals surface area contributed by atoms with Gasteiger partial charge in [-0.2, -0.15) is 0 Å². The molecule has 0 atom stereocenters. The van der Waals surface area contributed by atoms with Crippen LogP contribution in [-0.4, -0.2) is 22.1 Å². The molecule has 0 saturated heterocycles. The van der Waals surface area contributed by atoms with Crippen LogP contribution < -0.4 is 5.32 Å². The van der Waals surface area contributed by atoms with Gasteiger partial charge in [-0.25, -0.2) is 9.18 Å². The molecule has 0 aliphatic heterocycles. The van der Waals surface area contributed by atoms with Crippen molar-refractivity contribution < 1.29 is 13.7 Å². The van der Waals surface area contributed by atoms with Gasteiger partial charge in [0.15, 0.2) is 0 Å². The van der Waals surface area contributed by atoms with Crippen LogP contribution in [0.15, 0.2) is 41.2 Å². The second kappa shape index (κ2) is 6.60. The van der Waals surface area contributed by atoms with Crippen LogP contribution in [0, 0.1) is 5.82 Å². The van der Waals surface area contributed by atoms with E-state index in [0.29, 0.717) is 12.2 Å². The van der Waals surface area contributed by atoms with Gasteiger partial charge in [0, 0.05) is 17.3 Å². The summed E-state index contributed by atoms with van der Waals surface area (Å²) in [5.41, 5.74) is 1.45. The number of halogens is 1. The predicted molar refractivity (Wildman–Crippen MR) is 79.7 cm³/mol. The van der Waals surface area contributed by atoms with Crippen molar-refractivity contribution in [2.75, 3.05) is 5.32 Å². The molecule has 5 nitrogen and oxygen atoms in total. The van der Waals surface area contributed by atoms with E-state index in [9.17, 15) is 9.18 Å². The molecule has 1 N–H and O–H groups in total. The lowest BCUT2D eigenvalue weighted by Crippen LogP contribution is -2.41. The van der Waals surface area contributed by atoms with Crippen LogP contribution in [0.3, 0.4) is 0 Å². The third kappa shape index (κ3) is 3.44. The number of hydrogen-bond donors (Lipinski definition) is 1. The number of rotatable bonds is 4. The largest absolute Gasteiger partial charge is 0.364 e. The third-order valence-electron chi connectivity index (χ3n) is 3.96. The highest BCUT2D eigenvalue weighted by molar-refractivity contribution is 5.89. The van der Waals surface area contributed by atoms with Crippen LogP contribution in [0.1, 0.15) is 31.2 Å². The number of benzene rings is 1. The molecule has 6 heteroatoms. The number of hydrogen-bond acceptors (Lipinski definition) is 3. The molecule has 1 aromatic carbocycles. The Morgan fingerprint density at radius 2 is 2.05 bits per heavy atom. The molecule has 116 valence electrons. The maximum atomic E-state index is 12.9. The van der Waals surface area contributed by atoms with Gasteiger partial charge in [0.05, 0.1) is 12.7 Å². The lowest BCUT2D eigenvalue weighted by atomic mass is 10.2. The molecule has 1 aliphatic rings. The highest BCUT2D eigenvalue weighted by Gasteiger charge is 2.27. The number of aromatic nitrogens is 1. The molecule has 1 aromatic heterocycles. The fourth-order valence-corrected chi connectivity index (χ4v) is 2.81. The van der Waals surface area contributed by atoms with Gasteiger partial charge in [-0.3, -0.25) is 0 Å². The Morgan fingerprint density at radius 1 is 1.32 bits per heavy atom. The molecule has 0 bridgehead atoms. The van der Waals surface area contributed by atoms with Crippen LogP contribution in [0.4, 0.5) is 14.9 Å². The zero-order chi connectivity index (χ0) is 15.4. The number of nitrogens with zero attached hydrogens (tertiary/aromatic N) is 2. The lowest BCUT2D eigenvalue weighted by Gasteiger charge is -2.28. The molecule has 0 unspecified atom stereocenters. The summed E-state index contributed by atoms with van der Waals surface area (Å²) in [5, 5.41) is 6.51. The molecule has 1 fully saturated rings. The van der Waals surface area contributed by atoms with Crippen molar-refractivity contribution >= 4 is 11.7 Å². The highest BCUT2D eigenvalue weighted by atomic mass is 19.1. The number of carbonyl (C=O) groups excluding carboxylic acids is 1. The maximum absolute atomic E-state index is 12.9. The van der Waals surface area contributed by atoms with Crippen molar-refractivity contribution in [2.24, 2.45) is 0 Å². The van der Waals surface area contributed by atoms with Gasteiger partial charge in [0.25, 0.3) is 0 Å². The average Bonchev–Trinajstić information content (AvgIpc) is 3.20. The van der Waals surface area contributed by atoms with Gasteiger partial charge < -0.3 is 14.7 Å². The molecule has 1 heterocycles. The van der Waals surface area contributed by atoms with Crippen LogP contribution in [-0.2, 0) is 6.54 Å². The normalized spacial score (nSPS) is 15.0. The Hall–Kier alpha value is -2.37. The number of amides is 2. The van der Waals surface area contributed by atoms with Crippen molar-refractivity contribution in [3.63, 3.8) is 0 Å². The van der Waals surface area contributed by atoms with E-state index >= 15 is 0 Å². The molecule has 3 rings (SSSR count). The number of anilines is 1. The van der Waals surface area contributed by atoms with Gasteiger partial charge in [-0.05, 0) is 37.1 Å². The maximum Gasteiger partial charge on any atom is 0.322 e. The minimum atomic E-state index is -0.324. The Balaban J connectivity index is 1.72. The van der Waals surface area contributed by atoms with Gasteiger partial charge in [0.1, 0.15) is 12.1 Å². The Bertz CT molecular complexity index is 607. The number of carbonyl (C=O) groups is 1. The summed E-state index contributed by atoms with van der Waals surface area (Å²) in [7, 11) is 0. The van der Waals surface area contributed by atoms with Gasteiger partial charge >= 0.3 is 6.03 Å². The minimum Gasteiger partial charge on any atom is -0.364 e. The van der Waals surface area contributed by atoms with E-state index < -0.39 is 0 Å². The van der Waals surface area contributed by atoms with E-state index in [1.165, 1.54) is 12.1 Å². The van der Waals surface area contributed by atoms with Crippen LogP contribution in [0.5, 0.6) is 0 Å². The number of nitrogens with one attached hydrogen (secondary N) is 1. The first-order chi connectivity index (χ1) is 10.7. The SMILES string of the molecule is O=C(Nc1ccc(F)cc1)N(Cc1cnoc1)C1CCCC1. The summed E-state index contributed by atoms with van der Waals surface area (Å²) in [4.78, 5) is 14.4. The van der Waals surface area contributed by atoms with Crippen molar-refractivity contribution in [3.8, 4) is 0 Å². The molecule has 2 amide bonds. The standard InChI is InChI=1S/C16H18FN3O2/c17-13-5-7-14(8-6-13)19-16(21)20(15-3-1-2-4-15)10-12-9-18-22-11-12/h5-9,11,15H,1-4,10H2,(H,19,21). The number of urea groups is 1. The third-order valence-corrected chi connectivity index (χ3v) is 3.96.